The minimum atomic E-state index is -1.65. The molecule has 5 heteroatoms. The summed E-state index contributed by atoms with van der Waals surface area (Å²) in [5, 5.41) is 0. The van der Waals surface area contributed by atoms with Crippen LogP contribution in [0.4, 0.5) is 0 Å². The molecule has 3 aliphatic rings. The number of rotatable bonds is 1. The van der Waals surface area contributed by atoms with Crippen LogP contribution in [-0.2, 0) is 7.03 Å². The fourth-order valence-electron chi connectivity index (χ4n) is 0.725. The zero-order chi connectivity index (χ0) is 5.83. The molecule has 0 radical (unpaired) electrons. The second-order valence-electron chi connectivity index (χ2n) is 1.76. The monoisotopic (exact) mass is 186 g/mol. The summed E-state index contributed by atoms with van der Waals surface area (Å²) in [7, 11) is 3.41. The van der Waals surface area contributed by atoms with E-state index >= 15 is 0 Å². The fourth-order valence-corrected chi connectivity index (χ4v) is 19.6. The molecule has 0 spiro atoms. The largest absolute Gasteiger partial charge is 0.255 e. The zero-order valence-corrected chi connectivity index (χ0v) is 7.63. The minimum Gasteiger partial charge on any atom is -0.255 e. The Morgan fingerprint density at radius 2 is 2.00 bits per heavy atom. The van der Waals surface area contributed by atoms with Crippen LogP contribution in [0.25, 0.3) is 0 Å². The van der Waals surface area contributed by atoms with Crippen molar-refractivity contribution in [1.29, 1.82) is 0 Å². The van der Waals surface area contributed by atoms with Crippen molar-refractivity contribution in [3.63, 3.8) is 0 Å². The third-order valence-electron chi connectivity index (χ3n) is 1.19. The van der Waals surface area contributed by atoms with E-state index in [1.54, 1.807) is 32.4 Å². The zero-order valence-electron chi connectivity index (χ0n) is 4.29. The smallest absolute Gasteiger partial charge is 0.142 e. The van der Waals surface area contributed by atoms with Crippen LogP contribution in [0.5, 0.6) is 0 Å². The van der Waals surface area contributed by atoms with E-state index in [1.165, 1.54) is 0 Å². The highest BCUT2D eigenvalue weighted by molar-refractivity contribution is 9.49. The van der Waals surface area contributed by atoms with E-state index in [4.69, 9.17) is 0 Å². The van der Waals surface area contributed by atoms with E-state index in [0.717, 1.165) is 6.42 Å². The molecule has 3 heterocycles. The lowest BCUT2D eigenvalue weighted by Gasteiger charge is -2.59. The van der Waals surface area contributed by atoms with Crippen molar-refractivity contribution in [2.75, 3.05) is 0 Å². The first-order chi connectivity index (χ1) is 3.68. The van der Waals surface area contributed by atoms with Crippen molar-refractivity contribution in [3.8, 4) is 0 Å². The molecule has 8 heavy (non-hydrogen) atoms. The topological polar surface area (TPSA) is 17.1 Å². The van der Waals surface area contributed by atoms with E-state index < -0.39 is 7.03 Å². The summed E-state index contributed by atoms with van der Waals surface area (Å²) in [5.41, 5.74) is 0. The Balaban J connectivity index is 2.14. The lowest BCUT2D eigenvalue weighted by Crippen LogP contribution is -2.42. The van der Waals surface area contributed by atoms with Crippen LogP contribution in [0.1, 0.15) is 13.3 Å². The van der Waals surface area contributed by atoms with Gasteiger partial charge in [-0.1, -0.05) is 6.92 Å². The molecule has 0 unspecified atom stereocenters. The lowest BCUT2D eigenvalue weighted by molar-refractivity contribution is 0.694. The van der Waals surface area contributed by atoms with Gasteiger partial charge in [0.05, 0.1) is 0 Å². The molecular weight excluding hydrogens is 180 g/mol. The van der Waals surface area contributed by atoms with Crippen molar-refractivity contribution >= 4 is 39.4 Å². The average molecular weight is 186 g/mol. The average Bonchev–Trinajstić information content (AvgIpc) is 1.55. The molecule has 0 aliphatic carbocycles. The molecule has 3 saturated heterocycles. The van der Waals surface area contributed by atoms with Crippen LogP contribution in [-0.4, -0.2) is 7.62 Å². The summed E-state index contributed by atoms with van der Waals surface area (Å²) in [6.07, 6.45) is 1.15. The van der Waals surface area contributed by atoms with Crippen molar-refractivity contribution in [1.82, 2.24) is 0 Å². The van der Waals surface area contributed by atoms with E-state index in [2.05, 4.69) is 6.92 Å². The van der Waals surface area contributed by atoms with Gasteiger partial charge in [0.25, 0.3) is 0 Å². The van der Waals surface area contributed by atoms with Crippen molar-refractivity contribution < 1.29 is 4.21 Å². The van der Waals surface area contributed by atoms with Gasteiger partial charge < -0.3 is 0 Å². The second kappa shape index (κ2) is 1.44. The van der Waals surface area contributed by atoms with Crippen LogP contribution < -0.4 is 0 Å². The van der Waals surface area contributed by atoms with E-state index in [0.29, 0.717) is 3.41 Å². The van der Waals surface area contributed by atoms with E-state index in [-0.39, 0.29) is 0 Å². The van der Waals surface area contributed by atoms with Crippen molar-refractivity contribution in [2.24, 2.45) is 0 Å². The third-order valence-corrected chi connectivity index (χ3v) is 16.1. The van der Waals surface area contributed by atoms with Crippen molar-refractivity contribution in [2.45, 2.75) is 16.8 Å². The van der Waals surface area contributed by atoms with Crippen LogP contribution in [0.15, 0.2) is 0 Å². The highest BCUT2D eigenvalue weighted by atomic mass is 33.9. The SMILES string of the molecule is CCC12S[SH](=O)(S1)S2. The van der Waals surface area contributed by atoms with Gasteiger partial charge in [-0.15, -0.1) is 0 Å². The van der Waals surface area contributed by atoms with Crippen LogP contribution in [0, 0.1) is 0 Å². The third kappa shape index (κ3) is 0.562. The van der Waals surface area contributed by atoms with Gasteiger partial charge in [-0.3, -0.25) is 4.21 Å². The molecular formula is C3H6OS4. The summed E-state index contributed by atoms with van der Waals surface area (Å²) in [6.45, 7) is 2.15. The van der Waals surface area contributed by atoms with Gasteiger partial charge in [0.1, 0.15) is 3.41 Å². The molecule has 0 aromatic carbocycles. The summed E-state index contributed by atoms with van der Waals surface area (Å²) in [5.74, 6) is 0. The molecule has 3 rings (SSSR count). The van der Waals surface area contributed by atoms with Gasteiger partial charge in [0.15, 0.2) is 0 Å². The molecule has 0 saturated carbocycles. The Kier molecular flexibility index (Phi) is 1.07. The molecule has 1 nitrogen and oxygen atoms in total. The van der Waals surface area contributed by atoms with E-state index in [9.17, 15) is 4.21 Å². The fraction of sp³-hybridized carbons (Fsp3) is 1.00. The number of hydrogen-bond acceptors (Lipinski definition) is 4. The molecule has 0 atom stereocenters. The molecule has 0 aromatic heterocycles. The highest BCUT2D eigenvalue weighted by Crippen LogP contribution is 2.88. The maximum atomic E-state index is 11.0. The number of thiol groups is 1. The minimum absolute atomic E-state index is 0.357. The maximum absolute atomic E-state index is 11.0. The van der Waals surface area contributed by atoms with E-state index in [1.807, 2.05) is 0 Å². The Bertz CT molecular complexity index is 150. The number of hydrogen-bond donors (Lipinski definition) is 1. The molecule has 0 aromatic rings. The Hall–Kier alpha value is 1.20. The summed E-state index contributed by atoms with van der Waals surface area (Å²) in [6, 6.07) is 0. The lowest BCUT2D eigenvalue weighted by atomic mass is 10.6. The maximum Gasteiger partial charge on any atom is 0.142 e. The highest BCUT2D eigenvalue weighted by Gasteiger charge is 2.65. The van der Waals surface area contributed by atoms with Gasteiger partial charge in [0.2, 0.25) is 0 Å². The molecule has 3 fully saturated rings. The van der Waals surface area contributed by atoms with Gasteiger partial charge >= 0.3 is 0 Å². The van der Waals surface area contributed by atoms with Crippen molar-refractivity contribution in [3.05, 3.63) is 0 Å². The first kappa shape index (κ1) is 5.95. The Labute approximate surface area is 60.4 Å². The molecule has 2 bridgehead atoms. The first-order valence-corrected chi connectivity index (χ1v) is 8.38. The molecule has 0 N–H and O–H groups in total. The summed E-state index contributed by atoms with van der Waals surface area (Å²) >= 11 is 0. The quantitative estimate of drug-likeness (QED) is 0.498. The molecule has 0 amide bonds. The van der Waals surface area contributed by atoms with Crippen LogP contribution in [0.3, 0.4) is 0 Å². The van der Waals surface area contributed by atoms with Crippen LogP contribution in [0.2, 0.25) is 0 Å². The van der Waals surface area contributed by atoms with Gasteiger partial charge in [0, 0.05) is 7.03 Å². The normalized spacial score (nSPS) is 51.1. The first-order valence-electron chi connectivity index (χ1n) is 2.40. The summed E-state index contributed by atoms with van der Waals surface area (Å²) in [4.78, 5) is 0. The van der Waals surface area contributed by atoms with Crippen LogP contribution >= 0.6 is 32.4 Å². The molecule has 48 valence electrons. The molecule has 3 aliphatic heterocycles. The Morgan fingerprint density at radius 1 is 1.50 bits per heavy atom. The van der Waals surface area contributed by atoms with Gasteiger partial charge in [-0.2, -0.15) is 0 Å². The predicted octanol–water partition coefficient (Wildman–Crippen LogP) is 2.04. The van der Waals surface area contributed by atoms with Gasteiger partial charge in [-0.05, 0) is 38.8 Å². The Morgan fingerprint density at radius 3 is 2.12 bits per heavy atom. The summed E-state index contributed by atoms with van der Waals surface area (Å²) < 4.78 is 11.3. The second-order valence-corrected chi connectivity index (χ2v) is 14.4. The van der Waals surface area contributed by atoms with Gasteiger partial charge in [-0.25, -0.2) is 0 Å². The standard InChI is InChI=1S/C3H6OS4/c1-2-3-5-8(4,6-3)7-3/h8H,2H2,1H3. The predicted molar refractivity (Wildman–Crippen MR) is 45.3 cm³/mol.